The first kappa shape index (κ1) is 28.3. The number of anilines is 1. The fraction of sp³-hybridized carbons (Fsp3) is 0.357. The number of thiophene rings is 2. The molecule has 12 heteroatoms. The molecule has 9 nitrogen and oxygen atoms in total. The number of methoxy groups -OCH3 is 1. The fourth-order valence-corrected chi connectivity index (χ4v) is 8.93. The Labute approximate surface area is 240 Å². The zero-order valence-electron chi connectivity index (χ0n) is 22.2. The molecule has 0 bridgehead atoms. The minimum absolute atomic E-state index is 0.0152. The van der Waals surface area contributed by atoms with Crippen LogP contribution in [0.3, 0.4) is 0 Å². The maximum absolute atomic E-state index is 12.9. The molecular weight excluding hydrogens is 573 g/mol. The van der Waals surface area contributed by atoms with E-state index in [1.165, 1.54) is 29.8 Å². The number of hydrogen-bond donors (Lipinski definition) is 1. The Morgan fingerprint density at radius 1 is 1.05 bits per heavy atom. The van der Waals surface area contributed by atoms with Crippen molar-refractivity contribution in [2.24, 2.45) is 0 Å². The van der Waals surface area contributed by atoms with E-state index >= 15 is 0 Å². The largest absolute Gasteiger partial charge is 0.479 e. The van der Waals surface area contributed by atoms with Gasteiger partial charge in [-0.05, 0) is 37.5 Å². The number of carbonyl (C=O) groups is 2. The highest BCUT2D eigenvalue weighted by atomic mass is 32.2. The number of hydrogen-bond acceptors (Lipinski definition) is 10. The molecule has 1 aliphatic heterocycles. The van der Waals surface area contributed by atoms with Crippen LogP contribution in [0.2, 0.25) is 0 Å². The Morgan fingerprint density at radius 3 is 2.50 bits per heavy atom. The molecule has 0 unspecified atom stereocenters. The van der Waals surface area contributed by atoms with E-state index in [4.69, 9.17) is 14.2 Å². The fourth-order valence-electron chi connectivity index (χ4n) is 4.75. The quantitative estimate of drug-likeness (QED) is 0.245. The van der Waals surface area contributed by atoms with Gasteiger partial charge in [-0.2, -0.15) is 0 Å². The van der Waals surface area contributed by atoms with Gasteiger partial charge in [0.1, 0.15) is 0 Å². The molecule has 3 heterocycles. The number of rotatable bonds is 10. The first-order chi connectivity index (χ1) is 19.3. The van der Waals surface area contributed by atoms with Crippen molar-refractivity contribution < 1.29 is 32.2 Å². The molecule has 0 spiro atoms. The van der Waals surface area contributed by atoms with Gasteiger partial charge >= 0.3 is 11.9 Å². The number of carbonyl (C=O) groups excluding carboxylic acids is 2. The van der Waals surface area contributed by atoms with Crippen molar-refractivity contribution in [3.05, 3.63) is 59.0 Å². The molecule has 1 aliphatic rings. The molecule has 40 heavy (non-hydrogen) atoms. The van der Waals surface area contributed by atoms with Crippen LogP contribution in [0.15, 0.2) is 48.5 Å². The molecule has 0 radical (unpaired) electrons. The summed E-state index contributed by atoms with van der Waals surface area (Å²) in [5, 5.41) is 4.54. The average Bonchev–Trinajstić information content (AvgIpc) is 3.48. The second-order valence-electron chi connectivity index (χ2n) is 9.38. The lowest BCUT2D eigenvalue weighted by atomic mass is 10.1. The van der Waals surface area contributed by atoms with Crippen LogP contribution in [0.1, 0.15) is 35.0 Å². The molecule has 0 atom stereocenters. The van der Waals surface area contributed by atoms with Crippen LogP contribution in [0.5, 0.6) is 5.75 Å². The molecule has 4 aromatic rings. The van der Waals surface area contributed by atoms with Gasteiger partial charge in [0.05, 0.1) is 28.9 Å². The Balaban J connectivity index is 1.29. The summed E-state index contributed by atoms with van der Waals surface area (Å²) in [5.41, 5.74) is 1.73. The molecule has 2 aromatic heterocycles. The predicted molar refractivity (Wildman–Crippen MR) is 158 cm³/mol. The summed E-state index contributed by atoms with van der Waals surface area (Å²) in [6, 6.07) is 15.4. The van der Waals surface area contributed by atoms with Crippen LogP contribution in [0.25, 0.3) is 19.5 Å². The van der Waals surface area contributed by atoms with Gasteiger partial charge in [-0.25, -0.2) is 22.3 Å². The van der Waals surface area contributed by atoms with E-state index in [0.717, 1.165) is 30.7 Å². The first-order valence-corrected chi connectivity index (χ1v) is 16.2. The number of ether oxygens (including phenoxy) is 3. The lowest BCUT2D eigenvalue weighted by molar-refractivity contribution is -0.145. The third kappa shape index (κ3) is 6.09. The molecule has 5 rings (SSSR count). The van der Waals surface area contributed by atoms with Crippen molar-refractivity contribution in [2.45, 2.75) is 31.6 Å². The summed E-state index contributed by atoms with van der Waals surface area (Å²) in [6.45, 7) is 2.61. The highest BCUT2D eigenvalue weighted by Gasteiger charge is 2.29. The van der Waals surface area contributed by atoms with E-state index in [1.54, 1.807) is 11.2 Å². The average molecular weight is 603 g/mol. The summed E-state index contributed by atoms with van der Waals surface area (Å²) in [6.07, 6.45) is 1.42. The van der Waals surface area contributed by atoms with E-state index in [2.05, 4.69) is 11.4 Å². The smallest absolute Gasteiger partial charge is 0.351 e. The van der Waals surface area contributed by atoms with E-state index in [0.29, 0.717) is 36.6 Å². The van der Waals surface area contributed by atoms with Crippen LogP contribution in [-0.2, 0) is 30.0 Å². The SMILES string of the molecule is CCOC(=O)COc1c(C(=O)OC)sc2c1sc1cc(NC3CCN(S(=O)(=O)Cc4ccccc4)CC3)ccc12. The van der Waals surface area contributed by atoms with Gasteiger partial charge in [-0.3, -0.25) is 0 Å². The van der Waals surface area contributed by atoms with Crippen LogP contribution < -0.4 is 10.1 Å². The predicted octanol–water partition coefficient (Wildman–Crippen LogP) is 5.25. The van der Waals surface area contributed by atoms with Crippen molar-refractivity contribution >= 4 is 69.8 Å². The number of nitrogens with one attached hydrogen (secondary N) is 1. The second-order valence-corrected chi connectivity index (χ2v) is 13.4. The van der Waals surface area contributed by atoms with Gasteiger partial charge in [0.15, 0.2) is 17.2 Å². The van der Waals surface area contributed by atoms with Gasteiger partial charge < -0.3 is 19.5 Å². The van der Waals surface area contributed by atoms with Crippen LogP contribution >= 0.6 is 22.7 Å². The van der Waals surface area contributed by atoms with Gasteiger partial charge in [0.2, 0.25) is 10.0 Å². The van der Waals surface area contributed by atoms with Gasteiger partial charge in [0.25, 0.3) is 0 Å². The molecule has 1 N–H and O–H groups in total. The number of sulfonamides is 1. The van der Waals surface area contributed by atoms with E-state index < -0.39 is 22.0 Å². The maximum atomic E-state index is 12.9. The maximum Gasteiger partial charge on any atom is 0.351 e. The zero-order chi connectivity index (χ0) is 28.3. The van der Waals surface area contributed by atoms with Crippen LogP contribution in [0.4, 0.5) is 5.69 Å². The van der Waals surface area contributed by atoms with E-state index in [9.17, 15) is 18.0 Å². The lowest BCUT2D eigenvalue weighted by Gasteiger charge is -2.32. The van der Waals surface area contributed by atoms with Gasteiger partial charge in [0, 0.05) is 34.9 Å². The molecular formula is C28H30N2O7S3. The van der Waals surface area contributed by atoms with E-state index in [1.807, 2.05) is 42.5 Å². The summed E-state index contributed by atoms with van der Waals surface area (Å²) in [4.78, 5) is 24.6. The summed E-state index contributed by atoms with van der Waals surface area (Å²) in [5.74, 6) is -0.680. The molecule has 1 saturated heterocycles. The van der Waals surface area contributed by atoms with E-state index in [-0.39, 0.29) is 25.0 Å². The summed E-state index contributed by atoms with van der Waals surface area (Å²) >= 11 is 2.76. The van der Waals surface area contributed by atoms with Crippen LogP contribution in [0, 0.1) is 0 Å². The Morgan fingerprint density at radius 2 is 1.80 bits per heavy atom. The first-order valence-electron chi connectivity index (χ1n) is 12.9. The van der Waals surface area contributed by atoms with Crippen molar-refractivity contribution in [3.8, 4) is 5.75 Å². The Hall–Kier alpha value is -3.19. The molecule has 1 fully saturated rings. The summed E-state index contributed by atoms with van der Waals surface area (Å²) < 4.78 is 45.7. The normalized spacial score (nSPS) is 14.8. The molecule has 0 amide bonds. The number of esters is 2. The van der Waals surface area contributed by atoms with Crippen LogP contribution in [-0.4, -0.2) is 64.1 Å². The Kier molecular flexibility index (Phi) is 8.60. The third-order valence-corrected chi connectivity index (χ3v) is 11.0. The van der Waals surface area contributed by atoms with Crippen molar-refractivity contribution in [3.63, 3.8) is 0 Å². The topological polar surface area (TPSA) is 111 Å². The van der Waals surface area contributed by atoms with Crippen molar-refractivity contribution in [2.75, 3.05) is 38.7 Å². The highest BCUT2D eigenvalue weighted by Crippen LogP contribution is 2.47. The van der Waals surface area contributed by atoms with Gasteiger partial charge in [-0.1, -0.05) is 36.4 Å². The third-order valence-electron chi connectivity index (χ3n) is 6.68. The van der Waals surface area contributed by atoms with Gasteiger partial charge in [-0.15, -0.1) is 22.7 Å². The lowest BCUT2D eigenvalue weighted by Crippen LogP contribution is -2.42. The molecule has 212 valence electrons. The number of fused-ring (bicyclic) bond motifs is 3. The Bertz CT molecular complexity index is 1620. The number of benzene rings is 2. The zero-order valence-corrected chi connectivity index (χ0v) is 24.6. The molecule has 0 saturated carbocycles. The molecule has 2 aromatic carbocycles. The molecule has 0 aliphatic carbocycles. The minimum Gasteiger partial charge on any atom is -0.479 e. The van der Waals surface area contributed by atoms with Crippen molar-refractivity contribution in [1.82, 2.24) is 4.31 Å². The van der Waals surface area contributed by atoms with Crippen molar-refractivity contribution in [1.29, 1.82) is 0 Å². The summed E-state index contributed by atoms with van der Waals surface area (Å²) in [7, 11) is -2.05. The number of nitrogens with zero attached hydrogens (tertiary/aromatic N) is 1. The minimum atomic E-state index is -3.36. The number of piperidine rings is 1. The second kappa shape index (κ2) is 12.1. The monoisotopic (exact) mass is 602 g/mol. The standard InChI is InChI=1S/C28H30N2O7S3/c1-3-36-23(31)16-37-24-26-25(39-27(24)28(32)35-2)21-10-9-20(15-22(21)38-26)29-19-11-13-30(14-12-19)40(33,34)17-18-7-5-4-6-8-18/h4-10,15,19,29H,3,11-14,16-17H2,1-2H3. The highest BCUT2D eigenvalue weighted by molar-refractivity contribution is 7.88.